The van der Waals surface area contributed by atoms with E-state index >= 15 is 0 Å². The fourth-order valence-electron chi connectivity index (χ4n) is 3.86. The van der Waals surface area contributed by atoms with Gasteiger partial charge in [-0.1, -0.05) is 6.07 Å². The van der Waals surface area contributed by atoms with Crippen molar-refractivity contribution in [3.05, 3.63) is 29.8 Å². The fourth-order valence-corrected chi connectivity index (χ4v) is 3.86. The first-order valence-corrected chi connectivity index (χ1v) is 7.44. The summed E-state index contributed by atoms with van der Waals surface area (Å²) in [7, 11) is 0. The predicted molar refractivity (Wildman–Crippen MR) is 78.8 cm³/mol. The molecule has 5 heteroatoms. The molecule has 0 spiro atoms. The van der Waals surface area contributed by atoms with Crippen LogP contribution in [0.4, 0.5) is 5.69 Å². The second kappa shape index (κ2) is 5.39. The Morgan fingerprint density at radius 1 is 1.24 bits per heavy atom. The minimum atomic E-state index is -0.741. The number of carboxylic acid groups (broad SMARTS) is 1. The van der Waals surface area contributed by atoms with Crippen LogP contribution in [0.2, 0.25) is 0 Å². The van der Waals surface area contributed by atoms with E-state index in [-0.39, 0.29) is 30.3 Å². The molecule has 2 atom stereocenters. The molecule has 0 saturated carbocycles. The van der Waals surface area contributed by atoms with Crippen molar-refractivity contribution in [2.45, 2.75) is 44.2 Å². The number of nitrogen functional groups attached to an aromatic ring is 1. The maximum absolute atomic E-state index is 12.7. The van der Waals surface area contributed by atoms with Gasteiger partial charge in [-0.15, -0.1) is 0 Å². The quantitative estimate of drug-likeness (QED) is 0.835. The van der Waals surface area contributed by atoms with Gasteiger partial charge in [0.05, 0.1) is 0 Å². The van der Waals surface area contributed by atoms with E-state index in [1.54, 1.807) is 24.3 Å². The molecule has 2 fully saturated rings. The number of anilines is 1. The molecule has 2 aliphatic heterocycles. The van der Waals surface area contributed by atoms with E-state index in [4.69, 9.17) is 10.8 Å². The highest BCUT2D eigenvalue weighted by Crippen LogP contribution is 2.40. The Hall–Kier alpha value is -2.04. The van der Waals surface area contributed by atoms with E-state index in [1.807, 2.05) is 4.90 Å². The van der Waals surface area contributed by atoms with Crippen LogP contribution < -0.4 is 5.73 Å². The lowest BCUT2D eigenvalue weighted by molar-refractivity contribution is -0.138. The van der Waals surface area contributed by atoms with Gasteiger partial charge in [-0.2, -0.15) is 0 Å². The first kappa shape index (κ1) is 13.9. The molecule has 3 rings (SSSR count). The first-order valence-electron chi connectivity index (χ1n) is 7.44. The van der Waals surface area contributed by atoms with Crippen LogP contribution in [0.25, 0.3) is 0 Å². The largest absolute Gasteiger partial charge is 0.481 e. The third-order valence-electron chi connectivity index (χ3n) is 4.66. The number of aliphatic carboxylic acids is 1. The highest BCUT2D eigenvalue weighted by Gasteiger charge is 2.43. The number of carbonyl (C=O) groups excluding carboxylic acids is 1. The van der Waals surface area contributed by atoms with Gasteiger partial charge in [0.2, 0.25) is 0 Å². The molecule has 5 nitrogen and oxygen atoms in total. The van der Waals surface area contributed by atoms with E-state index in [0.717, 1.165) is 25.7 Å². The lowest BCUT2D eigenvalue weighted by Gasteiger charge is -2.38. The van der Waals surface area contributed by atoms with Gasteiger partial charge in [0, 0.05) is 29.8 Å². The van der Waals surface area contributed by atoms with Crippen molar-refractivity contribution in [3.63, 3.8) is 0 Å². The van der Waals surface area contributed by atoms with Crippen molar-refractivity contribution in [1.29, 1.82) is 0 Å². The SMILES string of the molecule is Nc1cccc(C(=O)N2C3CCC2CC(CC(=O)O)C3)c1. The van der Waals surface area contributed by atoms with Crippen LogP contribution in [0.15, 0.2) is 24.3 Å². The molecule has 3 N–H and O–H groups in total. The Kier molecular flexibility index (Phi) is 3.57. The standard InChI is InChI=1S/C16H20N2O3/c17-12-3-1-2-11(9-12)16(21)18-13-4-5-14(18)7-10(6-13)8-15(19)20/h1-3,9-10,13-14H,4-8,17H2,(H,19,20). The summed E-state index contributed by atoms with van der Waals surface area (Å²) in [5, 5.41) is 8.95. The molecule has 2 unspecified atom stereocenters. The maximum atomic E-state index is 12.7. The summed E-state index contributed by atoms with van der Waals surface area (Å²) >= 11 is 0. The molecule has 2 bridgehead atoms. The van der Waals surface area contributed by atoms with Gasteiger partial charge in [-0.3, -0.25) is 9.59 Å². The third kappa shape index (κ3) is 2.73. The molecule has 0 radical (unpaired) electrons. The number of carbonyl (C=O) groups is 2. The maximum Gasteiger partial charge on any atom is 0.303 e. The summed E-state index contributed by atoms with van der Waals surface area (Å²) in [4.78, 5) is 25.5. The lowest BCUT2D eigenvalue weighted by atomic mass is 9.88. The average Bonchev–Trinajstić information content (AvgIpc) is 2.69. The summed E-state index contributed by atoms with van der Waals surface area (Å²) in [6.07, 6.45) is 3.78. The fraction of sp³-hybridized carbons (Fsp3) is 0.500. The Morgan fingerprint density at radius 3 is 2.48 bits per heavy atom. The monoisotopic (exact) mass is 288 g/mol. The molecule has 21 heavy (non-hydrogen) atoms. The Labute approximate surface area is 123 Å². The van der Waals surface area contributed by atoms with Crippen LogP contribution >= 0.6 is 0 Å². The summed E-state index contributed by atoms with van der Waals surface area (Å²) in [5.41, 5.74) is 6.97. The van der Waals surface area contributed by atoms with Crippen molar-refractivity contribution < 1.29 is 14.7 Å². The number of nitrogens with zero attached hydrogens (tertiary/aromatic N) is 1. The topological polar surface area (TPSA) is 83.6 Å². The second-order valence-corrected chi connectivity index (χ2v) is 6.16. The number of fused-ring (bicyclic) bond motifs is 2. The van der Waals surface area contributed by atoms with Crippen LogP contribution in [0.5, 0.6) is 0 Å². The highest BCUT2D eigenvalue weighted by molar-refractivity contribution is 5.95. The molecule has 1 aromatic rings. The van der Waals surface area contributed by atoms with Crippen molar-refractivity contribution in [1.82, 2.24) is 4.90 Å². The molecule has 0 aliphatic carbocycles. The first-order chi connectivity index (χ1) is 10.0. The van der Waals surface area contributed by atoms with Gasteiger partial charge in [-0.25, -0.2) is 0 Å². The Balaban J connectivity index is 1.76. The molecule has 2 saturated heterocycles. The van der Waals surface area contributed by atoms with Crippen LogP contribution in [0, 0.1) is 5.92 Å². The van der Waals surface area contributed by atoms with E-state index in [9.17, 15) is 9.59 Å². The highest BCUT2D eigenvalue weighted by atomic mass is 16.4. The Bertz CT molecular complexity index is 558. The van der Waals surface area contributed by atoms with Crippen LogP contribution in [-0.2, 0) is 4.79 Å². The van der Waals surface area contributed by atoms with E-state index in [2.05, 4.69) is 0 Å². The number of nitrogens with two attached hydrogens (primary N) is 1. The lowest BCUT2D eigenvalue weighted by Crippen LogP contribution is -2.46. The molecular weight excluding hydrogens is 268 g/mol. The molecular formula is C16H20N2O3. The van der Waals surface area contributed by atoms with Gasteiger partial charge in [-0.05, 0) is 49.8 Å². The van der Waals surface area contributed by atoms with Gasteiger partial charge in [0.15, 0.2) is 0 Å². The molecule has 112 valence electrons. The number of rotatable bonds is 3. The average molecular weight is 288 g/mol. The summed E-state index contributed by atoms with van der Waals surface area (Å²) in [6.45, 7) is 0. The van der Waals surface area contributed by atoms with E-state index in [0.29, 0.717) is 11.3 Å². The van der Waals surface area contributed by atoms with Crippen molar-refractivity contribution in [3.8, 4) is 0 Å². The van der Waals surface area contributed by atoms with Crippen LogP contribution in [-0.4, -0.2) is 34.0 Å². The smallest absolute Gasteiger partial charge is 0.303 e. The van der Waals surface area contributed by atoms with Gasteiger partial charge in [0.1, 0.15) is 0 Å². The molecule has 0 aromatic heterocycles. The van der Waals surface area contributed by atoms with Crippen molar-refractivity contribution >= 4 is 17.6 Å². The normalized spacial score (nSPS) is 27.6. The summed E-state index contributed by atoms with van der Waals surface area (Å²) in [6, 6.07) is 7.43. The Morgan fingerprint density at radius 2 is 1.90 bits per heavy atom. The molecule has 2 aliphatic rings. The summed E-state index contributed by atoms with van der Waals surface area (Å²) < 4.78 is 0. The van der Waals surface area contributed by atoms with Crippen molar-refractivity contribution in [2.24, 2.45) is 5.92 Å². The summed E-state index contributed by atoms with van der Waals surface area (Å²) in [5.74, 6) is -0.511. The minimum Gasteiger partial charge on any atom is -0.481 e. The zero-order valence-corrected chi connectivity index (χ0v) is 11.9. The van der Waals surface area contributed by atoms with Gasteiger partial charge < -0.3 is 15.7 Å². The van der Waals surface area contributed by atoms with Crippen LogP contribution in [0.1, 0.15) is 42.5 Å². The number of hydrogen-bond acceptors (Lipinski definition) is 3. The number of hydrogen-bond donors (Lipinski definition) is 2. The predicted octanol–water partition coefficient (Wildman–Crippen LogP) is 2.13. The van der Waals surface area contributed by atoms with Crippen LogP contribution in [0.3, 0.4) is 0 Å². The second-order valence-electron chi connectivity index (χ2n) is 6.16. The zero-order valence-electron chi connectivity index (χ0n) is 11.9. The van der Waals surface area contributed by atoms with Gasteiger partial charge in [0.25, 0.3) is 5.91 Å². The molecule has 2 heterocycles. The number of carboxylic acids is 1. The van der Waals surface area contributed by atoms with E-state index in [1.165, 1.54) is 0 Å². The van der Waals surface area contributed by atoms with E-state index < -0.39 is 5.97 Å². The molecule has 1 amide bonds. The number of amides is 1. The van der Waals surface area contributed by atoms with Gasteiger partial charge >= 0.3 is 5.97 Å². The third-order valence-corrected chi connectivity index (χ3v) is 4.66. The minimum absolute atomic E-state index is 0.0311. The molecule has 1 aromatic carbocycles. The van der Waals surface area contributed by atoms with Crippen molar-refractivity contribution in [2.75, 3.05) is 5.73 Å². The zero-order chi connectivity index (χ0) is 15.0. The number of benzene rings is 1. The number of piperidine rings is 1.